The number of likely N-dealkylation sites (tertiary alicyclic amines) is 1. The molecule has 1 spiro atoms. The number of hydrogen-bond acceptors (Lipinski definition) is 3. The van der Waals surface area contributed by atoms with E-state index in [0.717, 1.165) is 32.4 Å². The first kappa shape index (κ1) is 17.1. The van der Waals surface area contributed by atoms with Gasteiger partial charge >= 0.3 is 6.03 Å². The Balaban J connectivity index is 1.50. The zero-order valence-electron chi connectivity index (χ0n) is 14.1. The van der Waals surface area contributed by atoms with Gasteiger partial charge in [-0.25, -0.2) is 13.2 Å². The van der Waals surface area contributed by atoms with Crippen LogP contribution in [-0.4, -0.2) is 50.0 Å². The fourth-order valence-corrected chi connectivity index (χ4v) is 6.42. The molecule has 2 amide bonds. The van der Waals surface area contributed by atoms with E-state index in [9.17, 15) is 13.2 Å². The van der Waals surface area contributed by atoms with Crippen LogP contribution in [0.25, 0.3) is 0 Å². The van der Waals surface area contributed by atoms with Crippen LogP contribution in [0.1, 0.15) is 64.2 Å². The van der Waals surface area contributed by atoms with Crippen LogP contribution in [0.2, 0.25) is 0 Å². The molecule has 0 aromatic heterocycles. The van der Waals surface area contributed by atoms with Crippen molar-refractivity contribution in [1.82, 2.24) is 10.2 Å². The Morgan fingerprint density at radius 2 is 1.74 bits per heavy atom. The number of sulfone groups is 1. The Labute approximate surface area is 140 Å². The summed E-state index contributed by atoms with van der Waals surface area (Å²) in [6, 6.07) is -0.0695. The molecule has 0 aromatic rings. The summed E-state index contributed by atoms with van der Waals surface area (Å²) >= 11 is 0. The predicted molar refractivity (Wildman–Crippen MR) is 91.1 cm³/mol. The summed E-state index contributed by atoms with van der Waals surface area (Å²) in [5.74, 6) is 0.278. The zero-order valence-corrected chi connectivity index (χ0v) is 14.9. The minimum atomic E-state index is -2.98. The second kappa shape index (κ2) is 6.99. The molecule has 0 aromatic carbocycles. The third-order valence-corrected chi connectivity index (χ3v) is 8.47. The fourth-order valence-electron chi connectivity index (χ4n) is 4.66. The lowest BCUT2D eigenvalue weighted by molar-refractivity contribution is 0.157. The molecular weight excluding hydrogens is 312 g/mol. The van der Waals surface area contributed by atoms with Crippen LogP contribution in [0.15, 0.2) is 0 Å². The maximum Gasteiger partial charge on any atom is 0.317 e. The molecule has 1 N–H and O–H groups in total. The van der Waals surface area contributed by atoms with E-state index < -0.39 is 9.84 Å². The number of hydrogen-bond donors (Lipinski definition) is 1. The van der Waals surface area contributed by atoms with E-state index in [-0.39, 0.29) is 23.6 Å². The maximum absolute atomic E-state index is 12.4. The standard InChI is InChI=1S/C17H30N2O3S/c20-16(18-14-15-6-4-13-23(15,21)22)19-11-5-9-17(10-12-19)7-2-1-3-8-17/h15H,1-14H2,(H,18,20)/t15-/m0/s1. The lowest BCUT2D eigenvalue weighted by Gasteiger charge is -2.36. The molecule has 2 saturated heterocycles. The number of nitrogens with zero attached hydrogens (tertiary/aromatic N) is 1. The summed E-state index contributed by atoms with van der Waals surface area (Å²) in [6.07, 6.45) is 11.5. The van der Waals surface area contributed by atoms with Crippen molar-refractivity contribution in [3.05, 3.63) is 0 Å². The summed E-state index contributed by atoms with van der Waals surface area (Å²) in [5.41, 5.74) is 0.474. The Bertz CT molecular complexity index is 526. The van der Waals surface area contributed by atoms with Crippen LogP contribution < -0.4 is 5.32 Å². The molecule has 0 unspecified atom stereocenters. The van der Waals surface area contributed by atoms with Crippen molar-refractivity contribution in [2.45, 2.75) is 69.5 Å². The van der Waals surface area contributed by atoms with Crippen molar-refractivity contribution in [2.75, 3.05) is 25.4 Å². The number of amides is 2. The van der Waals surface area contributed by atoms with Gasteiger partial charge in [0.15, 0.2) is 9.84 Å². The molecule has 2 aliphatic heterocycles. The van der Waals surface area contributed by atoms with E-state index in [0.29, 0.717) is 11.8 Å². The van der Waals surface area contributed by atoms with Gasteiger partial charge in [0, 0.05) is 19.6 Å². The topological polar surface area (TPSA) is 66.5 Å². The number of nitrogens with one attached hydrogen (secondary N) is 1. The molecule has 3 fully saturated rings. The molecule has 132 valence electrons. The Kier molecular flexibility index (Phi) is 5.19. The Hall–Kier alpha value is -0.780. The van der Waals surface area contributed by atoms with Crippen molar-refractivity contribution in [2.24, 2.45) is 5.41 Å². The van der Waals surface area contributed by atoms with Crippen LogP contribution in [0.4, 0.5) is 4.79 Å². The first-order chi connectivity index (χ1) is 11.0. The third kappa shape index (κ3) is 4.01. The summed E-state index contributed by atoms with van der Waals surface area (Å²) < 4.78 is 23.7. The summed E-state index contributed by atoms with van der Waals surface area (Å²) in [4.78, 5) is 14.3. The van der Waals surface area contributed by atoms with Crippen LogP contribution >= 0.6 is 0 Å². The van der Waals surface area contributed by atoms with Gasteiger partial charge in [-0.1, -0.05) is 19.3 Å². The molecule has 6 heteroatoms. The number of rotatable bonds is 2. The second-order valence-corrected chi connectivity index (χ2v) is 10.1. The van der Waals surface area contributed by atoms with Gasteiger partial charge in [0.25, 0.3) is 0 Å². The van der Waals surface area contributed by atoms with Crippen LogP contribution in [0.3, 0.4) is 0 Å². The Morgan fingerprint density at radius 1 is 1.00 bits per heavy atom. The third-order valence-electron chi connectivity index (χ3n) is 6.19. The van der Waals surface area contributed by atoms with Crippen LogP contribution in [-0.2, 0) is 9.84 Å². The molecular formula is C17H30N2O3S. The van der Waals surface area contributed by atoms with Gasteiger partial charge in [-0.3, -0.25) is 0 Å². The average Bonchev–Trinajstić information content (AvgIpc) is 2.74. The fraction of sp³-hybridized carbons (Fsp3) is 0.941. The van der Waals surface area contributed by atoms with E-state index in [1.54, 1.807) is 0 Å². The van der Waals surface area contributed by atoms with Gasteiger partial charge in [0.1, 0.15) is 0 Å². The Morgan fingerprint density at radius 3 is 2.43 bits per heavy atom. The number of urea groups is 1. The monoisotopic (exact) mass is 342 g/mol. The van der Waals surface area contributed by atoms with E-state index in [1.165, 1.54) is 38.5 Å². The van der Waals surface area contributed by atoms with Crippen molar-refractivity contribution < 1.29 is 13.2 Å². The van der Waals surface area contributed by atoms with E-state index >= 15 is 0 Å². The molecule has 0 bridgehead atoms. The van der Waals surface area contributed by atoms with Crippen molar-refractivity contribution >= 4 is 15.9 Å². The van der Waals surface area contributed by atoms with Crippen molar-refractivity contribution in [3.63, 3.8) is 0 Å². The van der Waals surface area contributed by atoms with Gasteiger partial charge in [-0.2, -0.15) is 0 Å². The molecule has 1 atom stereocenters. The van der Waals surface area contributed by atoms with Gasteiger partial charge < -0.3 is 10.2 Å². The molecule has 0 radical (unpaired) electrons. The second-order valence-electron chi connectivity index (χ2n) is 7.72. The quantitative estimate of drug-likeness (QED) is 0.839. The predicted octanol–water partition coefficient (Wildman–Crippen LogP) is 2.71. The minimum absolute atomic E-state index is 0.0695. The maximum atomic E-state index is 12.4. The van der Waals surface area contributed by atoms with Crippen molar-refractivity contribution in [3.8, 4) is 0 Å². The zero-order chi connectivity index (χ0) is 16.3. The normalized spacial score (nSPS) is 30.1. The lowest BCUT2D eigenvalue weighted by Crippen LogP contribution is -2.44. The average molecular weight is 343 g/mol. The highest BCUT2D eigenvalue weighted by atomic mass is 32.2. The van der Waals surface area contributed by atoms with Gasteiger partial charge in [0.2, 0.25) is 0 Å². The van der Waals surface area contributed by atoms with Gasteiger partial charge in [0.05, 0.1) is 11.0 Å². The SMILES string of the molecule is O=C(NC[C@@H]1CCCS1(=O)=O)N1CCCC2(CCCCC2)CC1. The largest absolute Gasteiger partial charge is 0.337 e. The summed E-state index contributed by atoms with van der Waals surface area (Å²) in [5, 5.41) is 2.50. The highest BCUT2D eigenvalue weighted by molar-refractivity contribution is 7.92. The van der Waals surface area contributed by atoms with E-state index in [1.807, 2.05) is 4.90 Å². The smallest absolute Gasteiger partial charge is 0.317 e. The summed E-state index contributed by atoms with van der Waals surface area (Å²) in [6.45, 7) is 1.91. The van der Waals surface area contributed by atoms with E-state index in [4.69, 9.17) is 0 Å². The molecule has 1 aliphatic carbocycles. The number of carbonyl (C=O) groups is 1. The highest BCUT2D eigenvalue weighted by Gasteiger charge is 2.35. The molecule has 2 heterocycles. The van der Waals surface area contributed by atoms with Crippen molar-refractivity contribution in [1.29, 1.82) is 0 Å². The van der Waals surface area contributed by atoms with Gasteiger partial charge in [-0.15, -0.1) is 0 Å². The molecule has 3 aliphatic rings. The molecule has 1 saturated carbocycles. The van der Waals surface area contributed by atoms with Gasteiger partial charge in [-0.05, 0) is 50.4 Å². The minimum Gasteiger partial charge on any atom is -0.337 e. The highest BCUT2D eigenvalue weighted by Crippen LogP contribution is 2.44. The molecule has 5 nitrogen and oxygen atoms in total. The lowest BCUT2D eigenvalue weighted by atomic mass is 9.69. The first-order valence-electron chi connectivity index (χ1n) is 9.25. The molecule has 23 heavy (non-hydrogen) atoms. The summed E-state index contributed by atoms with van der Waals surface area (Å²) in [7, 11) is -2.98. The first-order valence-corrected chi connectivity index (χ1v) is 11.0. The van der Waals surface area contributed by atoms with E-state index in [2.05, 4.69) is 5.32 Å². The number of carbonyl (C=O) groups excluding carboxylic acids is 1. The van der Waals surface area contributed by atoms with Crippen LogP contribution in [0, 0.1) is 5.41 Å². The van der Waals surface area contributed by atoms with Crippen LogP contribution in [0.5, 0.6) is 0 Å². The molecule has 3 rings (SSSR count).